The highest BCUT2D eigenvalue weighted by Crippen LogP contribution is 2.36. The second-order valence-corrected chi connectivity index (χ2v) is 5.51. The van der Waals surface area contributed by atoms with E-state index in [1.54, 1.807) is 6.20 Å². The number of hydrogen-bond donors (Lipinski definition) is 0. The van der Waals surface area contributed by atoms with Crippen LogP contribution in [0.1, 0.15) is 33.3 Å². The van der Waals surface area contributed by atoms with Crippen LogP contribution in [0.25, 0.3) is 0 Å². The van der Waals surface area contributed by atoms with Crippen LogP contribution in [0.2, 0.25) is 0 Å². The molecule has 0 aliphatic carbocycles. The Morgan fingerprint density at radius 3 is 2.28 bits per heavy atom. The van der Waals surface area contributed by atoms with E-state index in [1.807, 2.05) is 39.8 Å². The topological polar surface area (TPSA) is 55.1 Å². The van der Waals surface area contributed by atoms with Gasteiger partial charge in [-0.05, 0) is 39.3 Å². The summed E-state index contributed by atoms with van der Waals surface area (Å²) in [5.41, 5.74) is 0.933. The van der Waals surface area contributed by atoms with Crippen molar-refractivity contribution in [2.45, 2.75) is 45.3 Å². The molecule has 4 nitrogen and oxygen atoms in total. The SMILES string of the molecule is CC1(C)OB(c2ccc(CC#N)cn2)OC1(C)C. The summed E-state index contributed by atoms with van der Waals surface area (Å²) < 4.78 is 11.8. The Bertz CT molecular complexity index is 461. The van der Waals surface area contributed by atoms with Crippen molar-refractivity contribution in [1.29, 1.82) is 5.26 Å². The molecule has 18 heavy (non-hydrogen) atoms. The van der Waals surface area contributed by atoms with E-state index in [0.29, 0.717) is 6.42 Å². The summed E-state index contributed by atoms with van der Waals surface area (Å²) in [7, 11) is -0.439. The van der Waals surface area contributed by atoms with Crippen molar-refractivity contribution in [3.63, 3.8) is 0 Å². The second-order valence-electron chi connectivity index (χ2n) is 5.51. The molecule has 1 aromatic heterocycles. The van der Waals surface area contributed by atoms with Crippen molar-refractivity contribution in [2.24, 2.45) is 0 Å². The van der Waals surface area contributed by atoms with E-state index in [-0.39, 0.29) is 11.2 Å². The van der Waals surface area contributed by atoms with Gasteiger partial charge in [0, 0.05) is 6.20 Å². The first kappa shape index (κ1) is 13.1. The minimum atomic E-state index is -0.439. The summed E-state index contributed by atoms with van der Waals surface area (Å²) in [6.45, 7) is 8.04. The molecule has 0 amide bonds. The first-order valence-corrected chi connectivity index (χ1v) is 6.03. The van der Waals surface area contributed by atoms with Crippen LogP contribution in [0.5, 0.6) is 0 Å². The molecule has 0 N–H and O–H groups in total. The third kappa shape index (κ3) is 2.26. The van der Waals surface area contributed by atoms with Crippen LogP contribution in [0.4, 0.5) is 0 Å². The Morgan fingerprint density at radius 1 is 1.22 bits per heavy atom. The zero-order valence-electron chi connectivity index (χ0n) is 11.2. The predicted octanol–water partition coefficient (Wildman–Crippen LogP) is 1.45. The van der Waals surface area contributed by atoms with Gasteiger partial charge >= 0.3 is 7.12 Å². The van der Waals surface area contributed by atoms with Gasteiger partial charge in [-0.1, -0.05) is 6.07 Å². The van der Waals surface area contributed by atoms with E-state index in [4.69, 9.17) is 14.6 Å². The Morgan fingerprint density at radius 2 is 1.83 bits per heavy atom. The number of nitriles is 1. The molecule has 0 bridgehead atoms. The molecular weight excluding hydrogens is 227 g/mol. The highest BCUT2D eigenvalue weighted by Gasteiger charge is 2.52. The van der Waals surface area contributed by atoms with Crippen molar-refractivity contribution in [2.75, 3.05) is 0 Å². The van der Waals surface area contributed by atoms with Crippen molar-refractivity contribution in [1.82, 2.24) is 4.98 Å². The van der Waals surface area contributed by atoms with Crippen LogP contribution in [0.15, 0.2) is 18.3 Å². The minimum Gasteiger partial charge on any atom is -0.398 e. The molecule has 1 aliphatic rings. The van der Waals surface area contributed by atoms with Gasteiger partial charge in [0.2, 0.25) is 0 Å². The normalized spacial score (nSPS) is 20.7. The van der Waals surface area contributed by atoms with Gasteiger partial charge < -0.3 is 9.31 Å². The van der Waals surface area contributed by atoms with Crippen molar-refractivity contribution in [3.05, 3.63) is 23.9 Å². The highest BCUT2D eigenvalue weighted by molar-refractivity contribution is 6.61. The van der Waals surface area contributed by atoms with Gasteiger partial charge in [-0.3, -0.25) is 4.98 Å². The summed E-state index contributed by atoms with van der Waals surface area (Å²) in [5, 5.41) is 8.61. The Kier molecular flexibility index (Phi) is 3.18. The molecule has 0 radical (unpaired) electrons. The molecule has 2 heterocycles. The van der Waals surface area contributed by atoms with Crippen LogP contribution < -0.4 is 5.59 Å². The molecule has 94 valence electrons. The number of pyridine rings is 1. The molecule has 2 rings (SSSR count). The fraction of sp³-hybridized carbons (Fsp3) is 0.538. The Labute approximate surface area is 108 Å². The molecule has 0 atom stereocenters. The lowest BCUT2D eigenvalue weighted by Crippen LogP contribution is -2.41. The van der Waals surface area contributed by atoms with Crippen LogP contribution >= 0.6 is 0 Å². The van der Waals surface area contributed by atoms with Crippen molar-refractivity contribution < 1.29 is 9.31 Å². The van der Waals surface area contributed by atoms with Crippen LogP contribution in [-0.4, -0.2) is 23.3 Å². The van der Waals surface area contributed by atoms with Gasteiger partial charge in [0.25, 0.3) is 0 Å². The van der Waals surface area contributed by atoms with Gasteiger partial charge in [0.05, 0.1) is 29.3 Å². The fourth-order valence-corrected chi connectivity index (χ4v) is 1.74. The lowest BCUT2D eigenvalue weighted by atomic mass is 9.84. The van der Waals surface area contributed by atoms with Crippen molar-refractivity contribution >= 4 is 12.7 Å². The van der Waals surface area contributed by atoms with E-state index >= 15 is 0 Å². The maximum absolute atomic E-state index is 8.61. The quantitative estimate of drug-likeness (QED) is 0.739. The van der Waals surface area contributed by atoms with E-state index in [0.717, 1.165) is 11.2 Å². The lowest BCUT2D eigenvalue weighted by molar-refractivity contribution is 0.00578. The average Bonchev–Trinajstić information content (AvgIpc) is 2.50. The standard InChI is InChI=1S/C13H17BN2O2/c1-12(2)13(3,4)18-14(17-12)11-6-5-10(7-8-15)9-16-11/h5-6,9H,7H2,1-4H3. The Balaban J connectivity index is 2.17. The summed E-state index contributed by atoms with van der Waals surface area (Å²) in [6, 6.07) is 5.84. The Hall–Kier alpha value is -1.38. The van der Waals surface area contributed by atoms with Crippen LogP contribution in [0.3, 0.4) is 0 Å². The van der Waals surface area contributed by atoms with E-state index in [2.05, 4.69) is 11.1 Å². The molecule has 0 spiro atoms. The average molecular weight is 244 g/mol. The monoisotopic (exact) mass is 244 g/mol. The zero-order chi connectivity index (χ0) is 13.4. The van der Waals surface area contributed by atoms with E-state index in [9.17, 15) is 0 Å². The van der Waals surface area contributed by atoms with Crippen LogP contribution in [0, 0.1) is 11.3 Å². The summed E-state index contributed by atoms with van der Waals surface area (Å²) in [5.74, 6) is 0. The first-order chi connectivity index (χ1) is 8.36. The van der Waals surface area contributed by atoms with Gasteiger partial charge in [-0.2, -0.15) is 5.26 Å². The second kappa shape index (κ2) is 4.38. The maximum atomic E-state index is 8.61. The molecule has 0 unspecified atom stereocenters. The van der Waals surface area contributed by atoms with Crippen molar-refractivity contribution in [3.8, 4) is 6.07 Å². The fourth-order valence-electron chi connectivity index (χ4n) is 1.74. The highest BCUT2D eigenvalue weighted by atomic mass is 16.7. The molecule has 5 heteroatoms. The summed E-state index contributed by atoms with van der Waals surface area (Å²) >= 11 is 0. The van der Waals surface area contributed by atoms with Gasteiger partial charge in [0.1, 0.15) is 0 Å². The number of aromatic nitrogens is 1. The zero-order valence-corrected chi connectivity index (χ0v) is 11.2. The molecule has 0 aromatic carbocycles. The maximum Gasteiger partial charge on any atom is 0.514 e. The molecule has 1 aliphatic heterocycles. The number of nitrogens with zero attached hydrogens (tertiary/aromatic N) is 2. The summed E-state index contributed by atoms with van der Waals surface area (Å²) in [6.07, 6.45) is 2.07. The van der Waals surface area contributed by atoms with Gasteiger partial charge in [0.15, 0.2) is 0 Å². The predicted molar refractivity (Wildman–Crippen MR) is 69.3 cm³/mol. The molecule has 1 fully saturated rings. The summed E-state index contributed by atoms with van der Waals surface area (Å²) in [4.78, 5) is 4.31. The van der Waals surface area contributed by atoms with E-state index < -0.39 is 7.12 Å². The molecule has 1 saturated heterocycles. The van der Waals surface area contributed by atoms with Gasteiger partial charge in [-0.25, -0.2) is 0 Å². The minimum absolute atomic E-state index is 0.356. The first-order valence-electron chi connectivity index (χ1n) is 6.03. The molecule has 0 saturated carbocycles. The smallest absolute Gasteiger partial charge is 0.398 e. The largest absolute Gasteiger partial charge is 0.514 e. The molecular formula is C13H17BN2O2. The third-order valence-corrected chi connectivity index (χ3v) is 3.63. The third-order valence-electron chi connectivity index (χ3n) is 3.63. The number of hydrogen-bond acceptors (Lipinski definition) is 4. The van der Waals surface area contributed by atoms with Crippen LogP contribution in [-0.2, 0) is 15.7 Å². The molecule has 1 aromatic rings. The number of rotatable bonds is 2. The van der Waals surface area contributed by atoms with E-state index in [1.165, 1.54) is 0 Å². The van der Waals surface area contributed by atoms with Gasteiger partial charge in [-0.15, -0.1) is 0 Å². The lowest BCUT2D eigenvalue weighted by Gasteiger charge is -2.32.